The van der Waals surface area contributed by atoms with E-state index in [9.17, 15) is 9.59 Å². The molecule has 0 saturated heterocycles. The molecule has 1 aliphatic heterocycles. The summed E-state index contributed by atoms with van der Waals surface area (Å²) in [7, 11) is 0. The van der Waals surface area contributed by atoms with E-state index >= 15 is 0 Å². The van der Waals surface area contributed by atoms with Gasteiger partial charge in [0.15, 0.2) is 0 Å². The van der Waals surface area contributed by atoms with Crippen molar-refractivity contribution in [2.45, 2.75) is 27.2 Å². The van der Waals surface area contributed by atoms with Crippen LogP contribution in [-0.4, -0.2) is 18.4 Å². The molecular formula is C27H25ClN2O3. The molecule has 0 unspecified atom stereocenters. The summed E-state index contributed by atoms with van der Waals surface area (Å²) >= 11 is 6.10. The predicted octanol–water partition coefficient (Wildman–Crippen LogP) is 6.14. The van der Waals surface area contributed by atoms with Gasteiger partial charge in [-0.3, -0.25) is 9.59 Å². The number of imide groups is 1. The third-order valence-electron chi connectivity index (χ3n) is 5.50. The molecule has 0 spiro atoms. The molecule has 1 N–H and O–H groups in total. The second kappa shape index (κ2) is 9.51. The first kappa shape index (κ1) is 22.6. The number of carbonyl (C=O) groups is 2. The number of para-hydroxylation sites is 1. The molecule has 4 rings (SSSR count). The average Bonchev–Trinajstić information content (AvgIpc) is 3.04. The minimum absolute atomic E-state index is 0.232. The predicted molar refractivity (Wildman–Crippen MR) is 133 cm³/mol. The third kappa shape index (κ3) is 4.50. The summed E-state index contributed by atoms with van der Waals surface area (Å²) in [5, 5.41) is 3.81. The van der Waals surface area contributed by atoms with E-state index in [0.717, 1.165) is 23.3 Å². The quantitative estimate of drug-likeness (QED) is 0.430. The van der Waals surface area contributed by atoms with Gasteiger partial charge in [0.25, 0.3) is 11.8 Å². The van der Waals surface area contributed by atoms with Crippen LogP contribution in [0.4, 0.5) is 11.4 Å². The van der Waals surface area contributed by atoms with Gasteiger partial charge in [0, 0.05) is 10.7 Å². The summed E-state index contributed by atoms with van der Waals surface area (Å²) in [6, 6.07) is 20.0. The Bertz CT molecular complexity index is 1250. The number of amides is 2. The standard InChI is InChI=1S/C27H25ClN2O3/c1-4-15-33-21-12-9-19(10-13-21)24-25(29-22-14-11-20(28)16-18(22)3)27(32)30(26(24)31)23-8-6-5-7-17(23)2/h5-14,16,29H,4,15H2,1-3H3. The molecule has 0 saturated carbocycles. The van der Waals surface area contributed by atoms with Crippen molar-refractivity contribution in [3.8, 4) is 5.75 Å². The largest absolute Gasteiger partial charge is 0.494 e. The maximum atomic E-state index is 13.6. The highest BCUT2D eigenvalue weighted by Gasteiger charge is 2.40. The van der Waals surface area contributed by atoms with E-state index in [1.807, 2.05) is 69.3 Å². The zero-order valence-electron chi connectivity index (χ0n) is 18.8. The topological polar surface area (TPSA) is 58.6 Å². The van der Waals surface area contributed by atoms with Crippen molar-refractivity contribution in [2.75, 3.05) is 16.8 Å². The van der Waals surface area contributed by atoms with Gasteiger partial charge >= 0.3 is 0 Å². The molecule has 0 radical (unpaired) electrons. The summed E-state index contributed by atoms with van der Waals surface area (Å²) < 4.78 is 5.67. The van der Waals surface area contributed by atoms with Gasteiger partial charge in [-0.1, -0.05) is 48.9 Å². The van der Waals surface area contributed by atoms with Crippen LogP contribution in [0, 0.1) is 13.8 Å². The highest BCUT2D eigenvalue weighted by atomic mass is 35.5. The normalized spacial score (nSPS) is 13.6. The zero-order valence-corrected chi connectivity index (χ0v) is 19.6. The maximum absolute atomic E-state index is 13.6. The summed E-state index contributed by atoms with van der Waals surface area (Å²) in [6.45, 7) is 6.43. The first-order valence-electron chi connectivity index (χ1n) is 10.9. The van der Waals surface area contributed by atoms with E-state index < -0.39 is 5.91 Å². The molecular weight excluding hydrogens is 436 g/mol. The molecule has 6 heteroatoms. The summed E-state index contributed by atoms with van der Waals surface area (Å²) in [4.78, 5) is 28.4. The fourth-order valence-electron chi connectivity index (χ4n) is 3.79. The molecule has 0 bridgehead atoms. The van der Waals surface area contributed by atoms with Gasteiger partial charge in [-0.05, 0) is 73.4 Å². The minimum Gasteiger partial charge on any atom is -0.494 e. The third-order valence-corrected chi connectivity index (χ3v) is 5.74. The van der Waals surface area contributed by atoms with Crippen LogP contribution < -0.4 is 15.0 Å². The summed E-state index contributed by atoms with van der Waals surface area (Å²) in [6.07, 6.45) is 0.903. The van der Waals surface area contributed by atoms with Gasteiger partial charge in [0.1, 0.15) is 11.4 Å². The molecule has 3 aromatic rings. The monoisotopic (exact) mass is 460 g/mol. The lowest BCUT2D eigenvalue weighted by molar-refractivity contribution is -0.120. The fourth-order valence-corrected chi connectivity index (χ4v) is 4.01. The van der Waals surface area contributed by atoms with Gasteiger partial charge in [-0.25, -0.2) is 4.90 Å². The Balaban J connectivity index is 1.80. The van der Waals surface area contributed by atoms with E-state index in [-0.39, 0.29) is 11.6 Å². The number of hydrogen-bond acceptors (Lipinski definition) is 4. The molecule has 0 atom stereocenters. The van der Waals surface area contributed by atoms with Gasteiger partial charge in [-0.2, -0.15) is 0 Å². The fraction of sp³-hybridized carbons (Fsp3) is 0.185. The number of carbonyl (C=O) groups excluding carboxylic acids is 2. The molecule has 3 aromatic carbocycles. The lowest BCUT2D eigenvalue weighted by Gasteiger charge is -2.18. The second-order valence-electron chi connectivity index (χ2n) is 7.94. The first-order chi connectivity index (χ1) is 15.9. The summed E-state index contributed by atoms with van der Waals surface area (Å²) in [5.74, 6) is -0.0487. The Hall–Kier alpha value is -3.57. The van der Waals surface area contributed by atoms with Crippen LogP contribution in [0.2, 0.25) is 5.02 Å². The van der Waals surface area contributed by atoms with Crippen LogP contribution in [0.15, 0.2) is 72.4 Å². The Labute approximate surface area is 198 Å². The van der Waals surface area contributed by atoms with Gasteiger partial charge in [0.2, 0.25) is 0 Å². The average molecular weight is 461 g/mol. The van der Waals surface area contributed by atoms with Crippen molar-refractivity contribution in [2.24, 2.45) is 0 Å². The smallest absolute Gasteiger partial charge is 0.282 e. The van der Waals surface area contributed by atoms with Crippen LogP contribution in [0.5, 0.6) is 5.75 Å². The van der Waals surface area contributed by atoms with E-state index in [1.54, 1.807) is 18.2 Å². The number of rotatable bonds is 7. The van der Waals surface area contributed by atoms with E-state index in [4.69, 9.17) is 16.3 Å². The Morgan fingerprint density at radius 2 is 1.64 bits per heavy atom. The number of benzene rings is 3. The maximum Gasteiger partial charge on any atom is 0.282 e. The Morgan fingerprint density at radius 3 is 2.30 bits per heavy atom. The number of halogens is 1. The van der Waals surface area contributed by atoms with Gasteiger partial charge in [0.05, 0.1) is 17.9 Å². The van der Waals surface area contributed by atoms with E-state index in [0.29, 0.717) is 34.1 Å². The molecule has 5 nitrogen and oxygen atoms in total. The number of aryl methyl sites for hydroxylation is 2. The van der Waals surface area contributed by atoms with Crippen molar-refractivity contribution >= 4 is 40.4 Å². The number of nitrogens with zero attached hydrogens (tertiary/aromatic N) is 1. The molecule has 1 aliphatic rings. The number of anilines is 2. The van der Waals surface area contributed by atoms with Crippen molar-refractivity contribution in [3.63, 3.8) is 0 Å². The summed E-state index contributed by atoms with van der Waals surface area (Å²) in [5.41, 5.74) is 4.18. The molecule has 33 heavy (non-hydrogen) atoms. The number of hydrogen-bond donors (Lipinski definition) is 1. The lowest BCUT2D eigenvalue weighted by atomic mass is 10.0. The first-order valence-corrected chi connectivity index (χ1v) is 11.2. The Morgan fingerprint density at radius 1 is 0.909 bits per heavy atom. The van der Waals surface area contributed by atoms with E-state index in [1.165, 1.54) is 4.90 Å². The lowest BCUT2D eigenvalue weighted by Crippen LogP contribution is -2.33. The molecule has 0 fully saturated rings. The van der Waals surface area contributed by atoms with Crippen LogP contribution in [0.3, 0.4) is 0 Å². The van der Waals surface area contributed by atoms with Crippen LogP contribution >= 0.6 is 11.6 Å². The SMILES string of the molecule is CCCOc1ccc(C2=C(Nc3ccc(Cl)cc3C)C(=O)N(c3ccccc3C)C2=O)cc1. The van der Waals surface area contributed by atoms with Crippen molar-refractivity contribution in [3.05, 3.63) is 94.1 Å². The number of nitrogens with one attached hydrogen (secondary N) is 1. The van der Waals surface area contributed by atoms with Crippen molar-refractivity contribution < 1.29 is 14.3 Å². The van der Waals surface area contributed by atoms with Crippen molar-refractivity contribution in [1.82, 2.24) is 0 Å². The zero-order chi connectivity index (χ0) is 23.5. The molecule has 0 aromatic heterocycles. The second-order valence-corrected chi connectivity index (χ2v) is 8.38. The van der Waals surface area contributed by atoms with Gasteiger partial charge < -0.3 is 10.1 Å². The highest BCUT2D eigenvalue weighted by molar-refractivity contribution is 6.46. The molecule has 168 valence electrons. The number of ether oxygens (including phenoxy) is 1. The van der Waals surface area contributed by atoms with E-state index in [2.05, 4.69) is 5.32 Å². The van der Waals surface area contributed by atoms with Gasteiger partial charge in [-0.15, -0.1) is 0 Å². The van der Waals surface area contributed by atoms with Crippen LogP contribution in [0.25, 0.3) is 5.57 Å². The Kier molecular flexibility index (Phi) is 6.52. The van der Waals surface area contributed by atoms with Crippen LogP contribution in [-0.2, 0) is 9.59 Å². The van der Waals surface area contributed by atoms with Crippen LogP contribution in [0.1, 0.15) is 30.0 Å². The molecule has 0 aliphatic carbocycles. The minimum atomic E-state index is -0.398. The van der Waals surface area contributed by atoms with Crippen molar-refractivity contribution in [1.29, 1.82) is 0 Å². The molecule has 2 amide bonds. The highest BCUT2D eigenvalue weighted by Crippen LogP contribution is 2.36. The molecule has 1 heterocycles.